The maximum absolute atomic E-state index is 12.5. The molecule has 0 bridgehead atoms. The summed E-state index contributed by atoms with van der Waals surface area (Å²) in [6, 6.07) is 9.56. The van der Waals surface area contributed by atoms with E-state index in [2.05, 4.69) is 5.32 Å². The summed E-state index contributed by atoms with van der Waals surface area (Å²) in [5.41, 5.74) is 1.02. The van der Waals surface area contributed by atoms with Gasteiger partial charge in [0.15, 0.2) is 0 Å². The van der Waals surface area contributed by atoms with Crippen molar-refractivity contribution in [3.8, 4) is 5.75 Å². The quantitative estimate of drug-likeness (QED) is 0.451. The minimum atomic E-state index is -0.543. The molecule has 1 aliphatic carbocycles. The number of carbonyl (C=O) groups is 3. The summed E-state index contributed by atoms with van der Waals surface area (Å²) in [6.07, 6.45) is 2.11. The Kier molecular flexibility index (Phi) is 5.91. The number of fused-ring (bicyclic) bond motifs is 3. The van der Waals surface area contributed by atoms with E-state index in [-0.39, 0.29) is 23.9 Å². The number of hydrogen-bond donors (Lipinski definition) is 1. The van der Waals surface area contributed by atoms with Crippen molar-refractivity contribution in [1.29, 1.82) is 0 Å². The minimum Gasteiger partial charge on any atom is -0.492 e. The molecule has 1 atom stereocenters. The third-order valence-electron chi connectivity index (χ3n) is 5.44. The molecule has 3 aromatic rings. The number of alkyl carbamates (subject to hydrolysis) is 1. The summed E-state index contributed by atoms with van der Waals surface area (Å²) >= 11 is 0. The number of ketones is 2. The lowest BCUT2D eigenvalue weighted by Gasteiger charge is -2.19. The van der Waals surface area contributed by atoms with E-state index in [1.54, 1.807) is 6.26 Å². The fourth-order valence-electron chi connectivity index (χ4n) is 4.05. The average Bonchev–Trinajstić information content (AvgIpc) is 3.14. The van der Waals surface area contributed by atoms with Gasteiger partial charge in [-0.2, -0.15) is 0 Å². The molecule has 1 heterocycles. The second-order valence-electron chi connectivity index (χ2n) is 9.06. The first-order valence-corrected chi connectivity index (χ1v) is 10.8. The molecule has 1 N–H and O–H groups in total. The fourth-order valence-corrected chi connectivity index (χ4v) is 4.05. The van der Waals surface area contributed by atoms with Gasteiger partial charge in [-0.3, -0.25) is 9.59 Å². The van der Waals surface area contributed by atoms with Gasteiger partial charge in [0.2, 0.25) is 0 Å². The molecule has 1 fully saturated rings. The summed E-state index contributed by atoms with van der Waals surface area (Å²) in [5, 5.41) is 5.50. The van der Waals surface area contributed by atoms with Crippen molar-refractivity contribution >= 4 is 39.4 Å². The first kappa shape index (κ1) is 21.9. The van der Waals surface area contributed by atoms with E-state index in [9.17, 15) is 14.4 Å². The van der Waals surface area contributed by atoms with Gasteiger partial charge in [0.05, 0.1) is 19.2 Å². The first-order valence-electron chi connectivity index (χ1n) is 10.8. The van der Waals surface area contributed by atoms with Crippen LogP contribution in [0.2, 0.25) is 0 Å². The van der Waals surface area contributed by atoms with Crippen molar-refractivity contribution in [3.63, 3.8) is 0 Å². The van der Waals surface area contributed by atoms with Gasteiger partial charge in [-0.25, -0.2) is 4.79 Å². The molecule has 1 unspecified atom stereocenters. The van der Waals surface area contributed by atoms with Crippen LogP contribution in [-0.2, 0) is 14.3 Å². The van der Waals surface area contributed by atoms with E-state index in [0.717, 1.165) is 21.7 Å². The van der Waals surface area contributed by atoms with Gasteiger partial charge in [0, 0.05) is 23.3 Å². The maximum Gasteiger partial charge on any atom is 0.407 e. The van der Waals surface area contributed by atoms with E-state index in [0.29, 0.717) is 37.3 Å². The molecule has 32 heavy (non-hydrogen) atoms. The van der Waals surface area contributed by atoms with Crippen molar-refractivity contribution in [2.45, 2.75) is 51.6 Å². The smallest absolute Gasteiger partial charge is 0.407 e. The molecule has 7 nitrogen and oxygen atoms in total. The van der Waals surface area contributed by atoms with Crippen LogP contribution in [0.25, 0.3) is 21.7 Å². The number of hydrogen-bond acceptors (Lipinski definition) is 6. The monoisotopic (exact) mass is 437 g/mol. The topological polar surface area (TPSA) is 94.8 Å². The molecule has 1 aliphatic rings. The molecule has 168 valence electrons. The molecule has 2 aromatic carbocycles. The number of rotatable bonds is 5. The molecule has 0 spiro atoms. The Morgan fingerprint density at radius 1 is 1.19 bits per heavy atom. The highest BCUT2D eigenvalue weighted by Crippen LogP contribution is 2.38. The molecule has 0 radical (unpaired) electrons. The molecular weight excluding hydrogens is 410 g/mol. The number of carbonyl (C=O) groups excluding carboxylic acids is 3. The lowest BCUT2D eigenvalue weighted by molar-refractivity contribution is -0.130. The van der Waals surface area contributed by atoms with Crippen LogP contribution in [0.4, 0.5) is 4.79 Å². The van der Waals surface area contributed by atoms with Crippen LogP contribution in [0.3, 0.4) is 0 Å². The third-order valence-corrected chi connectivity index (χ3v) is 5.44. The number of amides is 1. The highest BCUT2D eigenvalue weighted by Gasteiger charge is 2.31. The molecule has 1 amide bonds. The van der Waals surface area contributed by atoms with Crippen LogP contribution in [0.1, 0.15) is 51.5 Å². The van der Waals surface area contributed by atoms with E-state index in [1.807, 2.05) is 51.1 Å². The summed E-state index contributed by atoms with van der Waals surface area (Å²) < 4.78 is 16.7. The van der Waals surface area contributed by atoms with Crippen LogP contribution in [-0.4, -0.2) is 36.4 Å². The first-order chi connectivity index (χ1) is 15.2. The van der Waals surface area contributed by atoms with E-state index < -0.39 is 11.7 Å². The van der Waals surface area contributed by atoms with Crippen molar-refractivity contribution < 1.29 is 28.3 Å². The SMILES string of the molecule is CC(C)(C)OC(=O)NCCOc1ccc2c(ccc3occ(C4CCC(=O)CC4=O)c32)c1. The van der Waals surface area contributed by atoms with E-state index >= 15 is 0 Å². The highest BCUT2D eigenvalue weighted by molar-refractivity contribution is 6.11. The normalized spacial score (nSPS) is 17.0. The number of benzene rings is 2. The zero-order chi connectivity index (χ0) is 22.9. The lowest BCUT2D eigenvalue weighted by atomic mass is 9.81. The molecule has 7 heteroatoms. The Morgan fingerprint density at radius 3 is 2.75 bits per heavy atom. The van der Waals surface area contributed by atoms with Gasteiger partial charge in [0.25, 0.3) is 0 Å². The second kappa shape index (κ2) is 8.65. The molecule has 0 aliphatic heterocycles. The van der Waals surface area contributed by atoms with Crippen LogP contribution in [0.5, 0.6) is 5.75 Å². The number of Topliss-reactive ketones (excluding diaryl/α,β-unsaturated/α-hetero) is 2. The van der Waals surface area contributed by atoms with Crippen molar-refractivity contribution in [3.05, 3.63) is 42.2 Å². The zero-order valence-electron chi connectivity index (χ0n) is 18.5. The van der Waals surface area contributed by atoms with Gasteiger partial charge in [-0.1, -0.05) is 6.07 Å². The van der Waals surface area contributed by atoms with Crippen molar-refractivity contribution in [2.24, 2.45) is 0 Å². The summed E-state index contributed by atoms with van der Waals surface area (Å²) in [4.78, 5) is 35.8. The van der Waals surface area contributed by atoms with Gasteiger partial charge in [-0.05, 0) is 62.2 Å². The van der Waals surface area contributed by atoms with Gasteiger partial charge < -0.3 is 19.2 Å². The van der Waals surface area contributed by atoms with Crippen LogP contribution < -0.4 is 10.1 Å². The van der Waals surface area contributed by atoms with E-state index in [1.165, 1.54) is 0 Å². The van der Waals surface area contributed by atoms with Gasteiger partial charge in [0.1, 0.15) is 35.1 Å². The number of furan rings is 1. The maximum atomic E-state index is 12.5. The zero-order valence-corrected chi connectivity index (χ0v) is 18.5. The highest BCUT2D eigenvalue weighted by atomic mass is 16.6. The average molecular weight is 437 g/mol. The van der Waals surface area contributed by atoms with Crippen LogP contribution in [0.15, 0.2) is 41.0 Å². The van der Waals surface area contributed by atoms with Crippen LogP contribution >= 0.6 is 0 Å². The lowest BCUT2D eigenvalue weighted by Crippen LogP contribution is -2.34. The summed E-state index contributed by atoms with van der Waals surface area (Å²) in [6.45, 7) is 6.05. The Bertz CT molecular complexity index is 1190. The van der Waals surface area contributed by atoms with Crippen molar-refractivity contribution in [1.82, 2.24) is 5.32 Å². The van der Waals surface area contributed by atoms with Gasteiger partial charge >= 0.3 is 6.09 Å². The predicted octanol–water partition coefficient (Wildman–Crippen LogP) is 4.90. The fraction of sp³-hybridized carbons (Fsp3) is 0.400. The second-order valence-corrected chi connectivity index (χ2v) is 9.06. The Labute approximate surface area is 186 Å². The molecule has 4 rings (SSSR count). The number of ether oxygens (including phenoxy) is 2. The van der Waals surface area contributed by atoms with E-state index in [4.69, 9.17) is 13.9 Å². The standard InChI is InChI=1S/C25H27NO6/c1-25(2,3)32-24(29)26-10-11-30-17-6-8-18-15(12-17)4-9-22-23(18)20(14-31-22)19-7-5-16(27)13-21(19)28/h4,6,8-9,12,14,19H,5,7,10-11,13H2,1-3H3,(H,26,29). The van der Waals surface area contributed by atoms with Crippen molar-refractivity contribution in [2.75, 3.05) is 13.2 Å². The van der Waals surface area contributed by atoms with Gasteiger partial charge in [-0.15, -0.1) is 0 Å². The third kappa shape index (κ3) is 4.77. The molecule has 1 saturated carbocycles. The molecular formula is C25H27NO6. The summed E-state index contributed by atoms with van der Waals surface area (Å²) in [7, 11) is 0. The number of nitrogens with one attached hydrogen (secondary N) is 1. The Morgan fingerprint density at radius 2 is 2.00 bits per heavy atom. The summed E-state index contributed by atoms with van der Waals surface area (Å²) in [5.74, 6) is 0.326. The largest absolute Gasteiger partial charge is 0.492 e. The molecule has 1 aromatic heterocycles. The predicted molar refractivity (Wildman–Crippen MR) is 120 cm³/mol. The molecule has 0 saturated heterocycles. The van der Waals surface area contributed by atoms with Crippen LogP contribution in [0, 0.1) is 0 Å². The Hall–Kier alpha value is -3.35. The minimum absolute atomic E-state index is 0.00255. The Balaban J connectivity index is 1.49.